The van der Waals surface area contributed by atoms with Crippen LogP contribution in [0.5, 0.6) is 0 Å². The normalized spacial score (nSPS) is 16.0. The van der Waals surface area contributed by atoms with E-state index in [2.05, 4.69) is 41.5 Å². The molecule has 1 aliphatic heterocycles. The fourth-order valence-electron chi connectivity index (χ4n) is 4.00. The Kier molecular flexibility index (Phi) is 5.59. The molecule has 0 saturated heterocycles. The molecule has 1 N–H and O–H groups in total. The molecule has 1 heterocycles. The van der Waals surface area contributed by atoms with Crippen LogP contribution in [0.15, 0.2) is 72.8 Å². The lowest BCUT2D eigenvalue weighted by Crippen LogP contribution is -2.33. The molecule has 0 unspecified atom stereocenters. The van der Waals surface area contributed by atoms with Gasteiger partial charge in [0.25, 0.3) is 11.6 Å². The first kappa shape index (κ1) is 19.8. The van der Waals surface area contributed by atoms with Crippen molar-refractivity contribution in [2.45, 2.75) is 18.9 Å². The number of hydrogen-bond donors (Lipinski definition) is 1. The van der Waals surface area contributed by atoms with Crippen molar-refractivity contribution in [3.63, 3.8) is 0 Å². The highest BCUT2D eigenvalue weighted by Gasteiger charge is 2.25. The van der Waals surface area contributed by atoms with Gasteiger partial charge in [0.05, 0.1) is 4.92 Å². The minimum atomic E-state index is -0.477. The average molecular weight is 401 g/mol. The Morgan fingerprint density at radius 3 is 2.53 bits per heavy atom. The van der Waals surface area contributed by atoms with Crippen molar-refractivity contribution in [3.05, 3.63) is 105 Å². The van der Waals surface area contributed by atoms with Crippen LogP contribution < -0.4 is 5.32 Å². The number of nitro benzene ring substituents is 1. The van der Waals surface area contributed by atoms with Crippen molar-refractivity contribution in [2.75, 3.05) is 18.9 Å². The molecule has 1 amide bonds. The Morgan fingerprint density at radius 1 is 1.07 bits per heavy atom. The molecule has 6 nitrogen and oxygen atoms in total. The van der Waals surface area contributed by atoms with Gasteiger partial charge < -0.3 is 5.32 Å². The van der Waals surface area contributed by atoms with Crippen molar-refractivity contribution in [1.29, 1.82) is 0 Å². The molecule has 0 radical (unpaired) electrons. The Hall–Kier alpha value is -3.51. The smallest absolute Gasteiger partial charge is 0.269 e. The third-order valence-electron chi connectivity index (χ3n) is 5.70. The molecule has 0 spiro atoms. The summed E-state index contributed by atoms with van der Waals surface area (Å²) >= 11 is 0. The van der Waals surface area contributed by atoms with Crippen LogP contribution >= 0.6 is 0 Å². The second-order valence-electron chi connectivity index (χ2n) is 7.56. The summed E-state index contributed by atoms with van der Waals surface area (Å²) in [5.74, 6) is -0.283. The van der Waals surface area contributed by atoms with Crippen LogP contribution in [0.4, 0.5) is 11.4 Å². The number of rotatable bonds is 5. The molecule has 152 valence electrons. The zero-order valence-electron chi connectivity index (χ0n) is 16.7. The highest BCUT2D eigenvalue weighted by atomic mass is 16.6. The van der Waals surface area contributed by atoms with Crippen LogP contribution in [0.1, 0.15) is 33.1 Å². The van der Waals surface area contributed by atoms with Crippen molar-refractivity contribution in [1.82, 2.24) is 4.90 Å². The highest BCUT2D eigenvalue weighted by molar-refractivity contribution is 6.04. The molecule has 3 aromatic rings. The van der Waals surface area contributed by atoms with Crippen LogP contribution in [0, 0.1) is 10.1 Å². The number of likely N-dealkylation sites (N-methyl/N-ethyl adjacent to an activating group) is 1. The van der Waals surface area contributed by atoms with E-state index in [0.717, 1.165) is 30.6 Å². The molecule has 4 rings (SSSR count). The molecule has 0 saturated carbocycles. The van der Waals surface area contributed by atoms with Gasteiger partial charge >= 0.3 is 0 Å². The molecule has 0 bridgehead atoms. The van der Waals surface area contributed by atoms with E-state index in [1.807, 2.05) is 24.3 Å². The lowest BCUT2D eigenvalue weighted by molar-refractivity contribution is -0.384. The maximum atomic E-state index is 12.7. The summed E-state index contributed by atoms with van der Waals surface area (Å²) in [5, 5.41) is 13.8. The number of nitro groups is 1. The summed E-state index contributed by atoms with van der Waals surface area (Å²) in [6, 6.07) is 22.2. The molecule has 0 aromatic heterocycles. The molecule has 1 atom stereocenters. The highest BCUT2D eigenvalue weighted by Crippen LogP contribution is 2.33. The van der Waals surface area contributed by atoms with Gasteiger partial charge in [-0.15, -0.1) is 0 Å². The van der Waals surface area contributed by atoms with Gasteiger partial charge in [0.15, 0.2) is 0 Å². The summed E-state index contributed by atoms with van der Waals surface area (Å²) in [6.45, 7) is 0.999. The number of carbonyl (C=O) groups excluding carboxylic acids is 1. The van der Waals surface area contributed by atoms with E-state index >= 15 is 0 Å². The van der Waals surface area contributed by atoms with Gasteiger partial charge in [-0.1, -0.05) is 42.5 Å². The number of nitrogens with one attached hydrogen (secondary N) is 1. The van der Waals surface area contributed by atoms with Gasteiger partial charge in [-0.2, -0.15) is 0 Å². The SMILES string of the molecule is CN1CCc2ccccc2[C@@H]1Cc1ccccc1NC(=O)c1ccc([N+](=O)[O-])cc1. The second-order valence-corrected chi connectivity index (χ2v) is 7.56. The molecule has 1 aliphatic rings. The summed E-state index contributed by atoms with van der Waals surface area (Å²) in [5.41, 5.74) is 4.89. The van der Waals surface area contributed by atoms with Gasteiger partial charge in [-0.3, -0.25) is 19.8 Å². The molecular weight excluding hydrogens is 378 g/mol. The lowest BCUT2D eigenvalue weighted by Gasteiger charge is -2.35. The number of para-hydroxylation sites is 1. The van der Waals surface area contributed by atoms with Crippen molar-refractivity contribution < 1.29 is 9.72 Å². The first-order valence-corrected chi connectivity index (χ1v) is 9.94. The predicted octanol–water partition coefficient (Wildman–Crippen LogP) is 4.62. The summed E-state index contributed by atoms with van der Waals surface area (Å²) in [7, 11) is 2.14. The number of amides is 1. The maximum Gasteiger partial charge on any atom is 0.269 e. The Balaban J connectivity index is 1.56. The Bertz CT molecular complexity index is 1080. The van der Waals surface area contributed by atoms with Gasteiger partial charge in [0.2, 0.25) is 0 Å². The van der Waals surface area contributed by atoms with E-state index in [-0.39, 0.29) is 17.6 Å². The monoisotopic (exact) mass is 401 g/mol. The number of fused-ring (bicyclic) bond motifs is 1. The lowest BCUT2D eigenvalue weighted by atomic mass is 9.88. The number of anilines is 1. The number of nitrogens with zero attached hydrogens (tertiary/aromatic N) is 2. The van der Waals surface area contributed by atoms with E-state index in [1.54, 1.807) is 0 Å². The van der Waals surface area contributed by atoms with E-state index < -0.39 is 4.92 Å². The molecule has 0 fully saturated rings. The van der Waals surface area contributed by atoms with Crippen molar-refractivity contribution in [3.8, 4) is 0 Å². The fourth-order valence-corrected chi connectivity index (χ4v) is 4.00. The molecule has 30 heavy (non-hydrogen) atoms. The molecule has 6 heteroatoms. The Morgan fingerprint density at radius 2 is 1.77 bits per heavy atom. The molecular formula is C24H23N3O3. The summed E-state index contributed by atoms with van der Waals surface area (Å²) in [4.78, 5) is 25.4. The van der Waals surface area contributed by atoms with E-state index in [0.29, 0.717) is 5.56 Å². The van der Waals surface area contributed by atoms with Gasteiger partial charge in [0, 0.05) is 36.0 Å². The van der Waals surface area contributed by atoms with E-state index in [4.69, 9.17) is 0 Å². The second kappa shape index (κ2) is 8.47. The van der Waals surface area contributed by atoms with E-state index in [9.17, 15) is 14.9 Å². The zero-order chi connectivity index (χ0) is 21.1. The van der Waals surface area contributed by atoms with E-state index in [1.165, 1.54) is 35.4 Å². The number of benzene rings is 3. The fraction of sp³-hybridized carbons (Fsp3) is 0.208. The first-order valence-electron chi connectivity index (χ1n) is 9.94. The van der Waals surface area contributed by atoms with Crippen LogP contribution in [0.25, 0.3) is 0 Å². The third-order valence-corrected chi connectivity index (χ3v) is 5.70. The first-order chi connectivity index (χ1) is 14.5. The minimum Gasteiger partial charge on any atom is -0.322 e. The van der Waals surface area contributed by atoms with Crippen LogP contribution in [-0.4, -0.2) is 29.3 Å². The zero-order valence-corrected chi connectivity index (χ0v) is 16.7. The average Bonchev–Trinajstić information content (AvgIpc) is 2.77. The standard InChI is InChI=1S/C24H23N3O3/c1-26-15-14-17-6-2-4-8-21(17)23(26)16-19-7-3-5-9-22(19)25-24(28)18-10-12-20(13-11-18)27(29)30/h2-13,23H,14-16H2,1H3,(H,25,28)/t23-/m0/s1. The van der Waals surface area contributed by atoms with Crippen LogP contribution in [0.3, 0.4) is 0 Å². The molecule has 0 aliphatic carbocycles. The number of non-ortho nitro benzene ring substituents is 1. The maximum absolute atomic E-state index is 12.7. The quantitative estimate of drug-likeness (QED) is 0.500. The van der Waals surface area contributed by atoms with Crippen molar-refractivity contribution in [2.24, 2.45) is 0 Å². The van der Waals surface area contributed by atoms with Gasteiger partial charge in [-0.25, -0.2) is 0 Å². The topological polar surface area (TPSA) is 75.5 Å². The number of carbonyl (C=O) groups is 1. The van der Waals surface area contributed by atoms with Gasteiger partial charge in [0.1, 0.15) is 0 Å². The molecule has 3 aromatic carbocycles. The van der Waals surface area contributed by atoms with Crippen LogP contribution in [-0.2, 0) is 12.8 Å². The third kappa shape index (κ3) is 4.09. The summed E-state index contributed by atoms with van der Waals surface area (Å²) < 4.78 is 0. The largest absolute Gasteiger partial charge is 0.322 e. The minimum absolute atomic E-state index is 0.0362. The predicted molar refractivity (Wildman–Crippen MR) is 117 cm³/mol. The van der Waals surface area contributed by atoms with Crippen molar-refractivity contribution >= 4 is 17.3 Å². The van der Waals surface area contributed by atoms with Gasteiger partial charge in [-0.05, 0) is 54.8 Å². The number of hydrogen-bond acceptors (Lipinski definition) is 4. The Labute approximate surface area is 175 Å². The summed E-state index contributed by atoms with van der Waals surface area (Å²) in [6.07, 6.45) is 1.83. The van der Waals surface area contributed by atoms with Crippen LogP contribution in [0.2, 0.25) is 0 Å².